The summed E-state index contributed by atoms with van der Waals surface area (Å²) in [6.07, 6.45) is 11.2. The highest BCUT2D eigenvalue weighted by molar-refractivity contribution is 5.79. The van der Waals surface area contributed by atoms with Crippen LogP contribution in [0.15, 0.2) is 30.4 Å². The molecule has 1 aliphatic heterocycles. The molecule has 0 radical (unpaired) electrons. The maximum absolute atomic E-state index is 12.6. The fourth-order valence-electron chi connectivity index (χ4n) is 4.24. The number of fused-ring (bicyclic) bond motifs is 2. The average Bonchev–Trinajstić information content (AvgIpc) is 3.13. The number of hydrogen-bond donors (Lipinski definition) is 0. The minimum Gasteiger partial charge on any atom is -0.342 e. The molecule has 4 rings (SSSR count). The Morgan fingerprint density at radius 1 is 1.05 bits per heavy atom. The van der Waals surface area contributed by atoms with Crippen LogP contribution in [-0.4, -0.2) is 23.9 Å². The van der Waals surface area contributed by atoms with Gasteiger partial charge in [0.25, 0.3) is 0 Å². The normalized spacial score (nSPS) is 26.8. The first kappa shape index (κ1) is 13.1. The van der Waals surface area contributed by atoms with Crippen molar-refractivity contribution in [3.63, 3.8) is 0 Å². The summed E-state index contributed by atoms with van der Waals surface area (Å²) < 4.78 is 0. The standard InChI is InChI=1S/C19H23NO/c21-19(20-12-17-4-1-2-5-18(17)13-20)11-14-8-9-15-6-3-7-16(15)10-14/h1-2,8-10,17-18H,3-7,11-13H2/t17-,18+. The van der Waals surface area contributed by atoms with Gasteiger partial charge in [0.15, 0.2) is 0 Å². The van der Waals surface area contributed by atoms with Gasteiger partial charge >= 0.3 is 0 Å². The third-order valence-electron chi connectivity index (χ3n) is 5.49. The number of rotatable bonds is 2. The molecule has 0 bridgehead atoms. The van der Waals surface area contributed by atoms with Crippen molar-refractivity contribution in [1.29, 1.82) is 0 Å². The van der Waals surface area contributed by atoms with Gasteiger partial charge in [-0.25, -0.2) is 0 Å². The monoisotopic (exact) mass is 281 g/mol. The van der Waals surface area contributed by atoms with Crippen molar-refractivity contribution in [3.8, 4) is 0 Å². The smallest absolute Gasteiger partial charge is 0.227 e. The molecule has 0 N–H and O–H groups in total. The second-order valence-electron chi connectivity index (χ2n) is 6.90. The van der Waals surface area contributed by atoms with Gasteiger partial charge in [0.2, 0.25) is 5.91 Å². The van der Waals surface area contributed by atoms with Gasteiger partial charge in [-0.3, -0.25) is 4.79 Å². The Balaban J connectivity index is 1.42. The molecule has 1 amide bonds. The van der Waals surface area contributed by atoms with Gasteiger partial charge in [0, 0.05) is 13.1 Å². The first-order valence-corrected chi connectivity index (χ1v) is 8.33. The van der Waals surface area contributed by atoms with Gasteiger partial charge in [-0.1, -0.05) is 30.4 Å². The Hall–Kier alpha value is -1.57. The van der Waals surface area contributed by atoms with Crippen molar-refractivity contribution >= 4 is 5.91 Å². The molecule has 0 spiro atoms. The first-order chi connectivity index (χ1) is 10.3. The van der Waals surface area contributed by atoms with Crippen LogP contribution < -0.4 is 0 Å². The van der Waals surface area contributed by atoms with Gasteiger partial charge in [0.1, 0.15) is 0 Å². The van der Waals surface area contributed by atoms with Crippen molar-refractivity contribution in [2.24, 2.45) is 11.8 Å². The van der Waals surface area contributed by atoms with E-state index in [4.69, 9.17) is 0 Å². The highest BCUT2D eigenvalue weighted by Crippen LogP contribution is 2.33. The van der Waals surface area contributed by atoms with Crippen LogP contribution in [0.2, 0.25) is 0 Å². The summed E-state index contributed by atoms with van der Waals surface area (Å²) in [5.74, 6) is 1.74. The van der Waals surface area contributed by atoms with E-state index in [1.54, 1.807) is 0 Å². The number of benzene rings is 1. The molecule has 0 saturated carbocycles. The maximum Gasteiger partial charge on any atom is 0.227 e. The van der Waals surface area contributed by atoms with E-state index in [0.29, 0.717) is 24.2 Å². The van der Waals surface area contributed by atoms with E-state index in [-0.39, 0.29) is 0 Å². The minimum atomic E-state index is 0.322. The van der Waals surface area contributed by atoms with Gasteiger partial charge in [-0.2, -0.15) is 0 Å². The van der Waals surface area contributed by atoms with Crippen molar-refractivity contribution in [2.45, 2.75) is 38.5 Å². The number of aryl methyl sites for hydroxylation is 2. The SMILES string of the molecule is O=C(Cc1ccc2c(c1)CCC2)N1C[C@H]2CC=CC[C@H]2C1. The molecule has 2 heteroatoms. The van der Waals surface area contributed by atoms with Crippen molar-refractivity contribution < 1.29 is 4.79 Å². The number of carbonyl (C=O) groups is 1. The Morgan fingerprint density at radius 3 is 2.52 bits per heavy atom. The lowest BCUT2D eigenvalue weighted by molar-refractivity contribution is -0.129. The van der Waals surface area contributed by atoms with E-state index >= 15 is 0 Å². The molecule has 1 aromatic rings. The Bertz CT molecular complexity index is 573. The Labute approximate surface area is 126 Å². The minimum absolute atomic E-state index is 0.322. The second kappa shape index (κ2) is 5.32. The van der Waals surface area contributed by atoms with Gasteiger partial charge in [-0.05, 0) is 60.6 Å². The summed E-state index contributed by atoms with van der Waals surface area (Å²) in [4.78, 5) is 14.7. The molecule has 2 aliphatic carbocycles. The van der Waals surface area contributed by atoms with E-state index < -0.39 is 0 Å². The number of allylic oxidation sites excluding steroid dienone is 2. The fraction of sp³-hybridized carbons (Fsp3) is 0.526. The zero-order chi connectivity index (χ0) is 14.2. The molecule has 1 heterocycles. The van der Waals surface area contributed by atoms with Crippen LogP contribution in [0, 0.1) is 11.8 Å². The van der Waals surface area contributed by atoms with Crippen LogP contribution in [0.4, 0.5) is 0 Å². The lowest BCUT2D eigenvalue weighted by atomic mass is 9.86. The number of nitrogens with zero attached hydrogens (tertiary/aromatic N) is 1. The maximum atomic E-state index is 12.6. The van der Waals surface area contributed by atoms with Crippen LogP contribution >= 0.6 is 0 Å². The van der Waals surface area contributed by atoms with Crippen molar-refractivity contribution in [1.82, 2.24) is 4.90 Å². The summed E-state index contributed by atoms with van der Waals surface area (Å²) >= 11 is 0. The van der Waals surface area contributed by atoms with E-state index in [0.717, 1.165) is 25.9 Å². The molecule has 2 nitrogen and oxygen atoms in total. The Morgan fingerprint density at radius 2 is 1.76 bits per heavy atom. The molecular weight excluding hydrogens is 258 g/mol. The van der Waals surface area contributed by atoms with Crippen LogP contribution in [0.5, 0.6) is 0 Å². The molecule has 1 aromatic carbocycles. The predicted octanol–water partition coefficient (Wildman–Crippen LogP) is 3.14. The number of amides is 1. The Kier molecular flexibility index (Phi) is 3.33. The number of carbonyl (C=O) groups excluding carboxylic acids is 1. The summed E-state index contributed by atoms with van der Waals surface area (Å²) in [6.45, 7) is 1.94. The molecule has 1 fully saturated rings. The van der Waals surface area contributed by atoms with Crippen LogP contribution in [0.1, 0.15) is 36.0 Å². The van der Waals surface area contributed by atoms with Crippen LogP contribution in [0.3, 0.4) is 0 Å². The quantitative estimate of drug-likeness (QED) is 0.763. The van der Waals surface area contributed by atoms with E-state index in [1.807, 2.05) is 0 Å². The molecule has 110 valence electrons. The summed E-state index contributed by atoms with van der Waals surface area (Å²) in [5, 5.41) is 0. The third-order valence-corrected chi connectivity index (χ3v) is 5.49. The zero-order valence-electron chi connectivity index (χ0n) is 12.6. The second-order valence-corrected chi connectivity index (χ2v) is 6.90. The van der Waals surface area contributed by atoms with Crippen LogP contribution in [-0.2, 0) is 24.1 Å². The number of hydrogen-bond acceptors (Lipinski definition) is 1. The van der Waals surface area contributed by atoms with Gasteiger partial charge < -0.3 is 4.90 Å². The third kappa shape index (κ3) is 2.52. The molecule has 1 saturated heterocycles. The molecule has 0 unspecified atom stereocenters. The van der Waals surface area contributed by atoms with E-state index in [2.05, 4.69) is 35.3 Å². The average molecular weight is 281 g/mol. The van der Waals surface area contributed by atoms with Gasteiger partial charge in [-0.15, -0.1) is 0 Å². The molecule has 2 atom stereocenters. The lowest BCUT2D eigenvalue weighted by Crippen LogP contribution is -2.30. The largest absolute Gasteiger partial charge is 0.342 e. The first-order valence-electron chi connectivity index (χ1n) is 8.33. The highest BCUT2D eigenvalue weighted by Gasteiger charge is 2.34. The molecule has 3 aliphatic rings. The molecular formula is C19H23NO. The van der Waals surface area contributed by atoms with Crippen molar-refractivity contribution in [2.75, 3.05) is 13.1 Å². The van der Waals surface area contributed by atoms with E-state index in [1.165, 1.54) is 36.0 Å². The fourth-order valence-corrected chi connectivity index (χ4v) is 4.24. The predicted molar refractivity (Wildman–Crippen MR) is 84.1 cm³/mol. The van der Waals surface area contributed by atoms with E-state index in [9.17, 15) is 4.79 Å². The molecule has 21 heavy (non-hydrogen) atoms. The summed E-state index contributed by atoms with van der Waals surface area (Å²) in [6, 6.07) is 6.66. The highest BCUT2D eigenvalue weighted by atomic mass is 16.2. The topological polar surface area (TPSA) is 20.3 Å². The lowest BCUT2D eigenvalue weighted by Gasteiger charge is -2.17. The zero-order valence-corrected chi connectivity index (χ0v) is 12.6. The number of likely N-dealkylation sites (tertiary alicyclic amines) is 1. The molecule has 0 aromatic heterocycles. The van der Waals surface area contributed by atoms with Crippen molar-refractivity contribution in [3.05, 3.63) is 47.0 Å². The summed E-state index contributed by atoms with van der Waals surface area (Å²) in [7, 11) is 0. The summed E-state index contributed by atoms with van der Waals surface area (Å²) in [5.41, 5.74) is 4.16. The van der Waals surface area contributed by atoms with Crippen LogP contribution in [0.25, 0.3) is 0 Å². The van der Waals surface area contributed by atoms with Gasteiger partial charge in [0.05, 0.1) is 6.42 Å².